The number of hydrogen-bond acceptors (Lipinski definition) is 5. The predicted octanol–water partition coefficient (Wildman–Crippen LogP) is -0.360. The summed E-state index contributed by atoms with van der Waals surface area (Å²) in [5, 5.41) is 0. The molecule has 1 heterocycles. The average Bonchev–Trinajstić information content (AvgIpc) is 2.65. The van der Waals surface area contributed by atoms with Gasteiger partial charge in [0.2, 0.25) is 0 Å². The maximum Gasteiger partial charge on any atom is 0.322 e. The van der Waals surface area contributed by atoms with E-state index in [0.29, 0.717) is 26.1 Å². The third kappa shape index (κ3) is 3.30. The molecule has 1 unspecified atom stereocenters. The zero-order valence-corrected chi connectivity index (χ0v) is 7.69. The number of nitrogens with two attached hydrogens (primary N) is 1. The molecule has 0 amide bonds. The normalized spacial score (nSPS) is 20.2. The van der Waals surface area contributed by atoms with E-state index in [1.165, 1.54) is 7.11 Å². The summed E-state index contributed by atoms with van der Waals surface area (Å²) >= 11 is 0. The van der Waals surface area contributed by atoms with E-state index in [9.17, 15) is 4.79 Å². The third-order valence-corrected chi connectivity index (χ3v) is 1.91. The van der Waals surface area contributed by atoms with Crippen LogP contribution in [0.15, 0.2) is 0 Å². The van der Waals surface area contributed by atoms with Crippen molar-refractivity contribution < 1.29 is 19.0 Å². The van der Waals surface area contributed by atoms with E-state index in [2.05, 4.69) is 4.74 Å². The van der Waals surface area contributed by atoms with Crippen molar-refractivity contribution in [1.29, 1.82) is 0 Å². The molecular weight excluding hydrogens is 174 g/mol. The Morgan fingerprint density at radius 1 is 1.62 bits per heavy atom. The molecule has 5 heteroatoms. The highest BCUT2D eigenvalue weighted by Gasteiger charge is 2.20. The Bertz CT molecular complexity index is 168. The van der Waals surface area contributed by atoms with Crippen LogP contribution in [-0.4, -0.2) is 38.6 Å². The van der Waals surface area contributed by atoms with E-state index in [4.69, 9.17) is 15.2 Å². The topological polar surface area (TPSA) is 70.8 Å². The summed E-state index contributed by atoms with van der Waals surface area (Å²) in [5.74, 6) is -0.391. The Kier molecular flexibility index (Phi) is 4.14. The highest BCUT2D eigenvalue weighted by molar-refractivity contribution is 5.75. The van der Waals surface area contributed by atoms with E-state index >= 15 is 0 Å². The van der Waals surface area contributed by atoms with Crippen molar-refractivity contribution in [3.05, 3.63) is 0 Å². The van der Waals surface area contributed by atoms with Gasteiger partial charge in [0.15, 0.2) is 6.29 Å². The van der Waals surface area contributed by atoms with Crippen molar-refractivity contribution in [2.75, 3.05) is 20.3 Å². The Labute approximate surface area is 77.1 Å². The van der Waals surface area contributed by atoms with Crippen molar-refractivity contribution in [3.63, 3.8) is 0 Å². The molecule has 0 aliphatic carbocycles. The second kappa shape index (κ2) is 5.16. The quantitative estimate of drug-likeness (QED) is 0.611. The average molecular weight is 189 g/mol. The van der Waals surface area contributed by atoms with Crippen LogP contribution in [0.3, 0.4) is 0 Å². The van der Waals surface area contributed by atoms with Gasteiger partial charge in [0.25, 0.3) is 0 Å². The minimum absolute atomic E-state index is 0.198. The van der Waals surface area contributed by atoms with Crippen LogP contribution in [0.5, 0.6) is 0 Å². The molecule has 0 aromatic carbocycles. The van der Waals surface area contributed by atoms with Gasteiger partial charge in [-0.2, -0.15) is 0 Å². The number of esters is 1. The van der Waals surface area contributed by atoms with E-state index in [1.54, 1.807) is 0 Å². The molecule has 1 atom stereocenters. The molecule has 0 radical (unpaired) electrons. The summed E-state index contributed by atoms with van der Waals surface area (Å²) in [6, 6.07) is -0.571. The smallest absolute Gasteiger partial charge is 0.322 e. The largest absolute Gasteiger partial charge is 0.468 e. The first kappa shape index (κ1) is 10.4. The molecule has 1 aliphatic heterocycles. The van der Waals surface area contributed by atoms with Crippen molar-refractivity contribution in [1.82, 2.24) is 0 Å². The van der Waals surface area contributed by atoms with Crippen molar-refractivity contribution in [2.45, 2.75) is 25.2 Å². The van der Waals surface area contributed by atoms with Crippen LogP contribution in [0.25, 0.3) is 0 Å². The summed E-state index contributed by atoms with van der Waals surface area (Å²) in [7, 11) is 1.32. The van der Waals surface area contributed by atoms with Crippen LogP contribution in [-0.2, 0) is 19.0 Å². The Morgan fingerprint density at radius 3 is 2.77 bits per heavy atom. The fourth-order valence-electron chi connectivity index (χ4n) is 1.16. The highest BCUT2D eigenvalue weighted by Crippen LogP contribution is 2.11. The first-order valence-electron chi connectivity index (χ1n) is 4.30. The maximum absolute atomic E-state index is 10.9. The van der Waals surface area contributed by atoms with Gasteiger partial charge in [-0.3, -0.25) is 4.79 Å². The molecule has 2 N–H and O–H groups in total. The zero-order chi connectivity index (χ0) is 9.68. The lowest BCUT2D eigenvalue weighted by Gasteiger charge is -2.12. The SMILES string of the molecule is COC(=O)C(N)CCC1OCCO1. The van der Waals surface area contributed by atoms with Crippen LogP contribution in [0.1, 0.15) is 12.8 Å². The molecule has 0 bridgehead atoms. The Morgan fingerprint density at radius 2 is 2.23 bits per heavy atom. The fourth-order valence-corrected chi connectivity index (χ4v) is 1.16. The number of hydrogen-bond donors (Lipinski definition) is 1. The lowest BCUT2D eigenvalue weighted by Crippen LogP contribution is -2.32. The number of rotatable bonds is 4. The molecule has 1 aliphatic rings. The number of carbonyl (C=O) groups excluding carboxylic acids is 1. The lowest BCUT2D eigenvalue weighted by molar-refractivity contribution is -0.142. The van der Waals surface area contributed by atoms with Gasteiger partial charge < -0.3 is 19.9 Å². The maximum atomic E-state index is 10.9. The minimum atomic E-state index is -0.571. The molecule has 1 fully saturated rings. The van der Waals surface area contributed by atoms with Crippen LogP contribution in [0.2, 0.25) is 0 Å². The number of ether oxygens (including phenoxy) is 3. The molecule has 13 heavy (non-hydrogen) atoms. The minimum Gasteiger partial charge on any atom is -0.468 e. The molecule has 1 rings (SSSR count). The molecule has 0 spiro atoms. The first-order chi connectivity index (χ1) is 6.24. The molecule has 0 aromatic heterocycles. The lowest BCUT2D eigenvalue weighted by atomic mass is 10.1. The Hall–Kier alpha value is -0.650. The zero-order valence-electron chi connectivity index (χ0n) is 7.69. The summed E-state index contributed by atoms with van der Waals surface area (Å²) in [6.07, 6.45) is 0.962. The summed E-state index contributed by atoms with van der Waals surface area (Å²) in [4.78, 5) is 10.9. The van der Waals surface area contributed by atoms with Gasteiger partial charge in [-0.1, -0.05) is 0 Å². The van der Waals surface area contributed by atoms with Gasteiger partial charge in [0.05, 0.1) is 20.3 Å². The summed E-state index contributed by atoms with van der Waals surface area (Å²) in [5.41, 5.74) is 5.52. The highest BCUT2D eigenvalue weighted by atomic mass is 16.7. The molecular formula is C8H15NO4. The van der Waals surface area contributed by atoms with Gasteiger partial charge in [-0.05, 0) is 6.42 Å². The van der Waals surface area contributed by atoms with Crippen molar-refractivity contribution in [3.8, 4) is 0 Å². The molecule has 5 nitrogen and oxygen atoms in total. The molecule has 0 saturated carbocycles. The van der Waals surface area contributed by atoms with E-state index in [0.717, 1.165) is 0 Å². The summed E-state index contributed by atoms with van der Waals surface area (Å²) < 4.78 is 14.9. The van der Waals surface area contributed by atoms with Gasteiger partial charge in [-0.25, -0.2) is 0 Å². The number of methoxy groups -OCH3 is 1. The van der Waals surface area contributed by atoms with Gasteiger partial charge >= 0.3 is 5.97 Å². The standard InChI is InChI=1S/C8H15NO4/c1-11-8(10)6(9)2-3-7-12-4-5-13-7/h6-7H,2-5,9H2,1H3. The van der Waals surface area contributed by atoms with Crippen LogP contribution in [0, 0.1) is 0 Å². The molecule has 0 aromatic rings. The van der Waals surface area contributed by atoms with Crippen molar-refractivity contribution in [2.24, 2.45) is 5.73 Å². The van der Waals surface area contributed by atoms with Crippen molar-refractivity contribution >= 4 is 5.97 Å². The first-order valence-corrected chi connectivity index (χ1v) is 4.30. The monoisotopic (exact) mass is 189 g/mol. The Balaban J connectivity index is 2.13. The van der Waals surface area contributed by atoms with Gasteiger partial charge in [0.1, 0.15) is 6.04 Å². The predicted molar refractivity (Wildman–Crippen MR) is 44.9 cm³/mol. The second-order valence-electron chi connectivity index (χ2n) is 2.88. The summed E-state index contributed by atoms with van der Waals surface area (Å²) in [6.45, 7) is 1.25. The van der Waals surface area contributed by atoms with Crippen LogP contribution < -0.4 is 5.73 Å². The van der Waals surface area contributed by atoms with E-state index < -0.39 is 12.0 Å². The molecule has 76 valence electrons. The third-order valence-electron chi connectivity index (χ3n) is 1.91. The fraction of sp³-hybridized carbons (Fsp3) is 0.875. The van der Waals surface area contributed by atoms with E-state index in [-0.39, 0.29) is 6.29 Å². The van der Waals surface area contributed by atoms with Crippen LogP contribution in [0.4, 0.5) is 0 Å². The second-order valence-corrected chi connectivity index (χ2v) is 2.88. The van der Waals surface area contributed by atoms with E-state index in [1.807, 2.05) is 0 Å². The number of carbonyl (C=O) groups is 1. The van der Waals surface area contributed by atoms with Gasteiger partial charge in [-0.15, -0.1) is 0 Å². The van der Waals surface area contributed by atoms with Gasteiger partial charge in [0, 0.05) is 6.42 Å². The van der Waals surface area contributed by atoms with Crippen LogP contribution >= 0.6 is 0 Å². The molecule has 1 saturated heterocycles.